The van der Waals surface area contributed by atoms with Gasteiger partial charge in [0.2, 0.25) is 0 Å². The van der Waals surface area contributed by atoms with Crippen molar-refractivity contribution in [2.75, 3.05) is 92.0 Å². The first kappa shape index (κ1) is 93.7. The monoisotopic (exact) mass is 1940 g/mol. The molecular formula is C107H101F3N30O5. The Kier molecular flexibility index (Phi) is 26.9. The maximum absolute atomic E-state index is 14.1. The van der Waals surface area contributed by atoms with Gasteiger partial charge in [0.25, 0.3) is 35.5 Å². The van der Waals surface area contributed by atoms with E-state index in [1.165, 1.54) is 36.8 Å². The maximum atomic E-state index is 14.1. The molecular weight excluding hydrogens is 1840 g/mol. The van der Waals surface area contributed by atoms with Crippen LogP contribution in [0.4, 0.5) is 70.7 Å². The van der Waals surface area contributed by atoms with E-state index in [1.54, 1.807) is 85.8 Å². The van der Waals surface area contributed by atoms with Crippen LogP contribution in [0.3, 0.4) is 0 Å². The summed E-state index contributed by atoms with van der Waals surface area (Å²) in [6.07, 6.45) is 28.9. The molecule has 5 amide bonds. The van der Waals surface area contributed by atoms with Gasteiger partial charge < -0.3 is 51.1 Å². The number of hydrogen-bond donors (Lipinski definition) is 10. The molecule has 10 N–H and O–H groups in total. The number of nitrogens with one attached hydrogen (secondary N) is 10. The Balaban J connectivity index is 0.000000107. The predicted molar refractivity (Wildman–Crippen MR) is 553 cm³/mol. The number of piperidine rings is 4. The lowest BCUT2D eigenvalue weighted by Crippen LogP contribution is -2.45. The largest absolute Gasteiger partial charge is 0.340 e. The van der Waals surface area contributed by atoms with Gasteiger partial charge in [0.15, 0.2) is 28.9 Å². The number of likely N-dealkylation sites (tertiary alicyclic amines) is 5. The average Bonchev–Trinajstić information content (AvgIpc) is 1.77. The van der Waals surface area contributed by atoms with E-state index in [0.717, 1.165) is 205 Å². The van der Waals surface area contributed by atoms with Crippen LogP contribution >= 0.6 is 0 Å². The number of halogens is 3. The molecule has 15 aromatic heterocycles. The molecule has 5 fully saturated rings. The molecule has 0 bridgehead atoms. The van der Waals surface area contributed by atoms with Gasteiger partial charge in [-0.05, 0) is 286 Å². The van der Waals surface area contributed by atoms with Gasteiger partial charge in [-0.1, -0.05) is 12.8 Å². The predicted octanol–water partition coefficient (Wildman–Crippen LogP) is 20.4. The molecule has 5 aromatic carbocycles. The number of carbonyl (C=O) groups is 5. The summed E-state index contributed by atoms with van der Waals surface area (Å²) < 4.78 is 41.6. The summed E-state index contributed by atoms with van der Waals surface area (Å²) in [7, 11) is 0. The summed E-state index contributed by atoms with van der Waals surface area (Å²) in [5.74, 6) is -0.0302. The fourth-order valence-corrected chi connectivity index (χ4v) is 19.1. The van der Waals surface area contributed by atoms with Crippen molar-refractivity contribution in [3.63, 3.8) is 0 Å². The minimum Gasteiger partial charge on any atom is -0.340 e. The second kappa shape index (κ2) is 41.7. The highest BCUT2D eigenvalue weighted by Crippen LogP contribution is 2.37. The molecule has 5 aliphatic heterocycles. The van der Waals surface area contributed by atoms with E-state index >= 15 is 0 Å². The summed E-state index contributed by atoms with van der Waals surface area (Å²) >= 11 is 0. The van der Waals surface area contributed by atoms with Crippen LogP contribution in [-0.4, -0.2) is 232 Å². The number of rotatable bonds is 15. The molecule has 0 unspecified atom stereocenters. The summed E-state index contributed by atoms with van der Waals surface area (Å²) in [5, 5.41) is 62.1. The van der Waals surface area contributed by atoms with Crippen molar-refractivity contribution in [3.8, 4) is 0 Å². The van der Waals surface area contributed by atoms with Crippen LogP contribution in [0.2, 0.25) is 0 Å². The zero-order chi connectivity index (χ0) is 98.9. The maximum Gasteiger partial charge on any atom is 0.273 e. The summed E-state index contributed by atoms with van der Waals surface area (Å²) in [4.78, 5) is 117. The van der Waals surface area contributed by atoms with Crippen molar-refractivity contribution in [2.24, 2.45) is 0 Å². The van der Waals surface area contributed by atoms with Crippen LogP contribution in [-0.2, 0) is 0 Å². The Morgan fingerprint density at radius 3 is 0.883 bits per heavy atom. The normalized spacial score (nSPS) is 15.2. The molecule has 730 valence electrons. The molecule has 35 nitrogen and oxygen atoms in total. The molecule has 20 heterocycles. The van der Waals surface area contributed by atoms with Gasteiger partial charge >= 0.3 is 0 Å². The van der Waals surface area contributed by atoms with E-state index in [9.17, 15) is 37.1 Å². The van der Waals surface area contributed by atoms with Gasteiger partial charge in [0.05, 0.1) is 34.0 Å². The van der Waals surface area contributed by atoms with Crippen LogP contribution in [0.1, 0.15) is 149 Å². The molecule has 0 radical (unpaired) electrons. The first-order valence-corrected chi connectivity index (χ1v) is 48.7. The Morgan fingerprint density at radius 2 is 0.559 bits per heavy atom. The lowest BCUT2D eigenvalue weighted by molar-refractivity contribution is -0.0561. The van der Waals surface area contributed by atoms with E-state index in [-0.39, 0.29) is 42.2 Å². The van der Waals surface area contributed by atoms with Crippen molar-refractivity contribution < 1.29 is 37.1 Å². The highest BCUT2D eigenvalue weighted by atomic mass is 19.3. The first-order valence-electron chi connectivity index (χ1n) is 48.7. The number of aromatic nitrogens is 20. The number of pyridine rings is 10. The zero-order valence-electron chi connectivity index (χ0n) is 79.2. The average molecular weight is 1940 g/mol. The number of hydrogen-bond acceptors (Lipinski definition) is 25. The quantitative estimate of drug-likeness (QED) is 0.0456. The standard InChI is InChI=1S/C22H21FN6O.C22H22N6O.C21H18F2N6O.2C21H20N6O/c1-22(23)7-11-29(12-8-22)21(30)18-16-5-4-15(13-14(16)6-10-24-18)26-20-17-3-2-9-25-19(17)27-28-20;29-22(28-12-3-1-2-4-13-28)19-17-8-7-16(14-15(17)9-11-24-19)25-21-20-18(26-27-21)6-5-10-23-20;22-21(23)7-2-10-29(12-21)20(30)17-15-5-4-14(11-13(15)6-9-25-17)26-19-18-16(27-28-19)3-1-8-24-18;2*28-21(27-11-2-1-3-12-27)18-16-7-6-15(13-14(16)8-10-23-18)24-20-19-17(25-26-20)5-4-9-22-19/h2-6,9-10,13H,7-8,11-12H2,1H3,(H2,25,26,27,28);5-11,14H,1-4,12-13H2,(H2,25,26,27);1,3-6,8-9,11H,2,7,10,12H2,(H2,26,27,28);2*4-10,13H,1-3,11-12H2,(H2,24,25,26). The van der Waals surface area contributed by atoms with Crippen LogP contribution in [0, 0.1) is 0 Å². The molecule has 145 heavy (non-hydrogen) atoms. The molecule has 5 aliphatic rings. The Morgan fingerprint density at radius 1 is 0.276 bits per heavy atom. The molecule has 5 saturated heterocycles. The second-order valence-electron chi connectivity index (χ2n) is 36.8. The topological polar surface area (TPSA) is 434 Å². The smallest absolute Gasteiger partial charge is 0.273 e. The highest BCUT2D eigenvalue weighted by molar-refractivity contribution is 6.11. The molecule has 20 aromatic rings. The van der Waals surface area contributed by atoms with Crippen molar-refractivity contribution in [3.05, 3.63) is 272 Å². The van der Waals surface area contributed by atoms with Gasteiger partial charge in [-0.15, -0.1) is 0 Å². The third kappa shape index (κ3) is 20.8. The first-order chi connectivity index (χ1) is 70.9. The number of aromatic amines is 5. The SMILES string of the molecule is CC1(F)CCN(C(=O)c2nccc3cc(Nc4[nH]nc5ncccc45)ccc23)CC1.O=C(c1nccc2cc(Nc3n[nH]c4cccnc34)ccc12)N1CCCC(F)(F)C1.O=C(c1nccc2cc(Nc3n[nH]c4cccnc34)ccc12)N1CCCCC1.O=C(c1nccc2cc(Nc3n[nH]c4cccnc34)ccc12)N1CCCCC1.O=C(c1nccc2cc(Nc3n[nH]c4cccnc34)ccc12)N1CCCCCC1. The molecule has 0 saturated carbocycles. The number of amides is 5. The number of anilines is 10. The second-order valence-corrected chi connectivity index (χ2v) is 36.8. The van der Waals surface area contributed by atoms with E-state index in [1.807, 2.05) is 178 Å². The third-order valence-electron chi connectivity index (χ3n) is 26.7. The fourth-order valence-electron chi connectivity index (χ4n) is 19.1. The van der Waals surface area contributed by atoms with Crippen molar-refractivity contribution in [1.29, 1.82) is 0 Å². The third-order valence-corrected chi connectivity index (χ3v) is 26.7. The van der Waals surface area contributed by atoms with E-state index in [4.69, 9.17) is 0 Å². The van der Waals surface area contributed by atoms with Gasteiger partial charge in [0.1, 0.15) is 62.0 Å². The van der Waals surface area contributed by atoms with Crippen molar-refractivity contribution in [1.82, 2.24) is 125 Å². The number of H-pyrrole nitrogens is 5. The Bertz CT molecular complexity index is 8020. The molecule has 0 aliphatic carbocycles. The molecule has 25 rings (SSSR count). The molecule has 0 atom stereocenters. The highest BCUT2D eigenvalue weighted by Gasteiger charge is 2.39. The number of nitrogens with zero attached hydrogens (tertiary/aromatic N) is 20. The van der Waals surface area contributed by atoms with Crippen molar-refractivity contribution >= 4 is 196 Å². The van der Waals surface area contributed by atoms with E-state index in [0.29, 0.717) is 95.1 Å². The lowest BCUT2D eigenvalue weighted by atomic mass is 9.95. The molecule has 38 heteroatoms. The van der Waals surface area contributed by atoms with Crippen LogP contribution in [0.5, 0.6) is 0 Å². The summed E-state index contributed by atoms with van der Waals surface area (Å²) in [6, 6.07) is 57.3. The Labute approximate surface area is 826 Å². The number of alkyl halides is 3. The van der Waals surface area contributed by atoms with Gasteiger partial charge in [-0.3, -0.25) is 94.3 Å². The van der Waals surface area contributed by atoms with Crippen LogP contribution in [0.25, 0.3) is 109 Å². The summed E-state index contributed by atoms with van der Waals surface area (Å²) in [6.45, 7) is 7.05. The minimum absolute atomic E-state index is 0.0218. The van der Waals surface area contributed by atoms with Crippen molar-refractivity contribution in [2.45, 2.75) is 108 Å². The number of benzene rings is 5. The van der Waals surface area contributed by atoms with Gasteiger partial charge in [0, 0.05) is 183 Å². The number of fused-ring (bicyclic) bond motifs is 10. The lowest BCUT2D eigenvalue weighted by Gasteiger charge is -2.34. The number of carbonyl (C=O) groups excluding carboxylic acids is 5. The van der Waals surface area contributed by atoms with Gasteiger partial charge in [-0.25, -0.2) is 18.2 Å². The summed E-state index contributed by atoms with van der Waals surface area (Å²) in [5.41, 5.74) is 12.4. The fraction of sp³-hybridized carbons (Fsp3) is 0.252. The van der Waals surface area contributed by atoms with Gasteiger partial charge in [-0.2, -0.15) is 25.5 Å². The van der Waals surface area contributed by atoms with Crippen LogP contribution in [0.15, 0.2) is 244 Å². The van der Waals surface area contributed by atoms with E-state index < -0.39 is 24.0 Å². The van der Waals surface area contributed by atoms with E-state index in [2.05, 4.69) is 127 Å². The Hall–Kier alpha value is -17.6. The minimum atomic E-state index is -2.85. The molecule has 0 spiro atoms. The van der Waals surface area contributed by atoms with Crippen LogP contribution < -0.4 is 26.6 Å². The zero-order valence-corrected chi connectivity index (χ0v) is 79.2.